The number of Topliss-reactive ketones (excluding diaryl/α,β-unsaturated/α-hetero) is 1. The monoisotopic (exact) mass is 409 g/mol. The lowest BCUT2D eigenvalue weighted by atomic mass is 9.65. The fraction of sp³-hybridized carbons (Fsp3) is 0.391. The van der Waals surface area contributed by atoms with Crippen LogP contribution in [0.15, 0.2) is 40.4 Å². The van der Waals surface area contributed by atoms with E-state index in [0.29, 0.717) is 24.3 Å². The number of hydrogen-bond acceptors (Lipinski definition) is 6. The number of ketones is 1. The van der Waals surface area contributed by atoms with E-state index in [2.05, 4.69) is 0 Å². The van der Waals surface area contributed by atoms with Gasteiger partial charge in [0, 0.05) is 17.6 Å². The topological polar surface area (TPSA) is 141 Å². The molecular weight excluding hydrogens is 386 g/mol. The molecule has 0 spiro atoms. The van der Waals surface area contributed by atoms with Crippen LogP contribution in [0, 0.1) is 11.8 Å². The Hall–Kier alpha value is -3.22. The molecule has 0 heterocycles. The molecule has 1 amide bonds. The summed E-state index contributed by atoms with van der Waals surface area (Å²) < 4.78 is 0. The first-order chi connectivity index (χ1) is 14.3. The van der Waals surface area contributed by atoms with Crippen molar-refractivity contribution in [1.82, 2.24) is 0 Å². The molecule has 2 atom stereocenters. The zero-order chi connectivity index (χ0) is 21.3. The third-order valence-corrected chi connectivity index (χ3v) is 7.16. The van der Waals surface area contributed by atoms with Crippen LogP contribution in [0.4, 0.5) is 0 Å². The third kappa shape index (κ3) is 2.44. The predicted octanol–water partition coefficient (Wildman–Crippen LogP) is 3.20. The average molecular weight is 409 g/mol. The Morgan fingerprint density at radius 2 is 1.57 bits per heavy atom. The summed E-state index contributed by atoms with van der Waals surface area (Å²) in [6.45, 7) is 0. The summed E-state index contributed by atoms with van der Waals surface area (Å²) in [6, 6.07) is 3.49. The number of phenolic OH excluding ortho intramolecular Hbond substituents is 1. The molecule has 1 aromatic carbocycles. The van der Waals surface area contributed by atoms with Gasteiger partial charge in [0.1, 0.15) is 28.6 Å². The van der Waals surface area contributed by atoms with E-state index in [1.54, 1.807) is 6.07 Å². The van der Waals surface area contributed by atoms with Crippen LogP contribution in [0.1, 0.15) is 54.7 Å². The van der Waals surface area contributed by atoms with Gasteiger partial charge < -0.3 is 26.2 Å². The van der Waals surface area contributed by atoms with E-state index in [0.717, 1.165) is 30.4 Å². The summed E-state index contributed by atoms with van der Waals surface area (Å²) in [6.07, 6.45) is 4.21. The van der Waals surface area contributed by atoms with Crippen LogP contribution >= 0.6 is 0 Å². The smallest absolute Gasteiger partial charge is 0.256 e. The van der Waals surface area contributed by atoms with Crippen molar-refractivity contribution in [3.05, 3.63) is 57.1 Å². The van der Waals surface area contributed by atoms with Gasteiger partial charge in [0.25, 0.3) is 5.91 Å². The van der Waals surface area contributed by atoms with Crippen molar-refractivity contribution >= 4 is 17.4 Å². The van der Waals surface area contributed by atoms with Crippen molar-refractivity contribution in [2.75, 3.05) is 0 Å². The number of rotatable bonds is 2. The summed E-state index contributed by atoms with van der Waals surface area (Å²) in [5, 5.41) is 43.1. The van der Waals surface area contributed by atoms with E-state index in [1.165, 1.54) is 0 Å². The number of fused-ring (bicyclic) bond motifs is 3. The third-order valence-electron chi connectivity index (χ3n) is 7.16. The van der Waals surface area contributed by atoms with E-state index in [4.69, 9.17) is 5.73 Å². The van der Waals surface area contributed by atoms with Crippen LogP contribution < -0.4 is 5.73 Å². The number of aliphatic hydroxyl groups is 3. The van der Waals surface area contributed by atoms with Crippen molar-refractivity contribution in [2.45, 2.75) is 44.4 Å². The first-order valence-electron chi connectivity index (χ1n) is 10.3. The Balaban J connectivity index is 1.72. The maximum atomic E-state index is 12.3. The highest BCUT2D eigenvalue weighted by Crippen LogP contribution is 2.53. The average Bonchev–Trinajstić information content (AvgIpc) is 2.61. The molecule has 4 aliphatic carbocycles. The molecule has 0 bridgehead atoms. The van der Waals surface area contributed by atoms with Gasteiger partial charge in [-0.25, -0.2) is 0 Å². The highest BCUT2D eigenvalue weighted by Gasteiger charge is 2.45. The summed E-state index contributed by atoms with van der Waals surface area (Å²) in [7, 11) is 0. The predicted molar refractivity (Wildman–Crippen MR) is 108 cm³/mol. The number of nitrogens with two attached hydrogens (primary N) is 1. The van der Waals surface area contributed by atoms with Crippen molar-refractivity contribution in [3.8, 4) is 5.75 Å². The molecule has 0 saturated heterocycles. The lowest BCUT2D eigenvalue weighted by Gasteiger charge is -2.39. The van der Waals surface area contributed by atoms with Crippen LogP contribution in [0.3, 0.4) is 0 Å². The second-order valence-corrected chi connectivity index (χ2v) is 8.73. The number of aromatic hydroxyl groups is 1. The Morgan fingerprint density at radius 1 is 0.900 bits per heavy atom. The van der Waals surface area contributed by atoms with Gasteiger partial charge in [-0.05, 0) is 60.6 Å². The molecule has 5 rings (SSSR count). The molecule has 7 nitrogen and oxygen atoms in total. The zero-order valence-corrected chi connectivity index (χ0v) is 16.3. The molecule has 0 unspecified atom stereocenters. The van der Waals surface area contributed by atoms with Gasteiger partial charge in [-0.1, -0.05) is 12.5 Å². The fourth-order valence-electron chi connectivity index (χ4n) is 5.56. The number of amides is 1. The number of aliphatic hydroxyl groups excluding tert-OH is 3. The largest absolute Gasteiger partial charge is 0.507 e. The standard InChI is InChI=1S/C23H23NO6/c24-23(30)19-15(26)8-11-6-10-7-13-12(9-2-1-3-9)4-5-14(25)18(13)21(28)16(10)20(27)17(11)22(19)29/h4-5,9-11,25,27-29H,1-3,6-8H2,(H2,24,30)/t10-,11+/m1/s1. The number of carbonyl (C=O) groups excluding carboxylic acids is 2. The van der Waals surface area contributed by atoms with Crippen molar-refractivity contribution in [3.63, 3.8) is 0 Å². The number of allylic oxidation sites excluding steroid dienone is 2. The van der Waals surface area contributed by atoms with Crippen LogP contribution in [-0.4, -0.2) is 32.1 Å². The Bertz CT molecular complexity index is 1100. The second-order valence-electron chi connectivity index (χ2n) is 8.73. The lowest BCUT2D eigenvalue weighted by Crippen LogP contribution is -2.36. The van der Waals surface area contributed by atoms with Crippen molar-refractivity contribution in [2.24, 2.45) is 17.6 Å². The van der Waals surface area contributed by atoms with Crippen LogP contribution in [0.5, 0.6) is 5.75 Å². The highest BCUT2D eigenvalue weighted by atomic mass is 16.3. The normalized spacial score (nSPS) is 26.2. The van der Waals surface area contributed by atoms with E-state index in [9.17, 15) is 30.0 Å². The number of benzene rings is 1. The SMILES string of the molecule is NC(=O)C1=C(O)C2=C(O)C3=C(O)c4c(O)ccc(C5CCC5)c4C[C@H]3C[C@H]2CC1=O. The summed E-state index contributed by atoms with van der Waals surface area (Å²) in [4.78, 5) is 24.0. The maximum absolute atomic E-state index is 12.3. The lowest BCUT2D eigenvalue weighted by molar-refractivity contribution is -0.122. The molecule has 0 aliphatic heterocycles. The first-order valence-corrected chi connectivity index (χ1v) is 10.3. The van der Waals surface area contributed by atoms with E-state index in [-0.39, 0.29) is 40.8 Å². The molecule has 1 saturated carbocycles. The fourth-order valence-corrected chi connectivity index (χ4v) is 5.56. The van der Waals surface area contributed by atoms with Gasteiger partial charge in [-0.3, -0.25) is 9.59 Å². The number of primary amides is 1. The number of phenols is 1. The molecule has 6 N–H and O–H groups in total. The summed E-state index contributed by atoms with van der Waals surface area (Å²) in [5.74, 6) is -3.14. The highest BCUT2D eigenvalue weighted by molar-refractivity contribution is 6.20. The molecule has 1 fully saturated rings. The van der Waals surface area contributed by atoms with Gasteiger partial charge in [-0.15, -0.1) is 0 Å². The second kappa shape index (κ2) is 6.39. The maximum Gasteiger partial charge on any atom is 0.256 e. The molecule has 0 aromatic heterocycles. The quantitative estimate of drug-likeness (QED) is 0.475. The van der Waals surface area contributed by atoms with Gasteiger partial charge in [0.05, 0.1) is 5.56 Å². The van der Waals surface area contributed by atoms with Crippen LogP contribution in [0.2, 0.25) is 0 Å². The van der Waals surface area contributed by atoms with Gasteiger partial charge >= 0.3 is 0 Å². The van der Waals surface area contributed by atoms with E-state index < -0.39 is 28.9 Å². The van der Waals surface area contributed by atoms with Gasteiger partial charge in [-0.2, -0.15) is 0 Å². The van der Waals surface area contributed by atoms with Crippen LogP contribution in [0.25, 0.3) is 5.76 Å². The molecule has 7 heteroatoms. The molecule has 30 heavy (non-hydrogen) atoms. The van der Waals surface area contributed by atoms with Crippen LogP contribution in [-0.2, 0) is 16.0 Å². The number of carbonyl (C=O) groups is 2. The minimum atomic E-state index is -1.05. The summed E-state index contributed by atoms with van der Waals surface area (Å²) >= 11 is 0. The minimum Gasteiger partial charge on any atom is -0.507 e. The molecule has 156 valence electrons. The number of hydrogen-bond donors (Lipinski definition) is 5. The minimum absolute atomic E-state index is 0.0331. The van der Waals surface area contributed by atoms with E-state index in [1.807, 2.05) is 6.07 Å². The first kappa shape index (κ1) is 18.8. The molecule has 1 aromatic rings. The Labute approximate surface area is 172 Å². The molecular formula is C23H23NO6. The summed E-state index contributed by atoms with van der Waals surface area (Å²) in [5.41, 5.74) is 7.36. The molecule has 4 aliphatic rings. The van der Waals surface area contributed by atoms with Crippen molar-refractivity contribution < 1.29 is 30.0 Å². The van der Waals surface area contributed by atoms with Gasteiger partial charge in [0.15, 0.2) is 5.78 Å². The Morgan fingerprint density at radius 3 is 2.20 bits per heavy atom. The van der Waals surface area contributed by atoms with Gasteiger partial charge in [0.2, 0.25) is 0 Å². The molecule has 0 radical (unpaired) electrons. The van der Waals surface area contributed by atoms with E-state index >= 15 is 0 Å². The zero-order valence-electron chi connectivity index (χ0n) is 16.3. The Kier molecular flexibility index (Phi) is 4.00. The van der Waals surface area contributed by atoms with Crippen molar-refractivity contribution in [1.29, 1.82) is 0 Å².